The Hall–Kier alpha value is -0.440. The van der Waals surface area contributed by atoms with Gasteiger partial charge in [0.25, 0.3) is 0 Å². The predicted molar refractivity (Wildman–Crippen MR) is 61.1 cm³/mol. The van der Waals surface area contributed by atoms with Gasteiger partial charge in [-0.25, -0.2) is 0 Å². The molecular formula is C10H12Cl2N2. The molecule has 0 aromatic heterocycles. The third-order valence-electron chi connectivity index (χ3n) is 2.49. The van der Waals surface area contributed by atoms with E-state index in [2.05, 4.69) is 5.32 Å². The first kappa shape index (κ1) is 10.1. The first-order valence-corrected chi connectivity index (χ1v) is 5.38. The highest BCUT2D eigenvalue weighted by Crippen LogP contribution is 2.33. The van der Waals surface area contributed by atoms with E-state index in [9.17, 15) is 0 Å². The van der Waals surface area contributed by atoms with Crippen LogP contribution in [0.5, 0.6) is 0 Å². The first-order chi connectivity index (χ1) is 6.66. The largest absolute Gasteiger partial charge is 0.380 e. The second-order valence-corrected chi connectivity index (χ2v) is 4.48. The minimum atomic E-state index is 0.328. The van der Waals surface area contributed by atoms with Crippen LogP contribution in [0, 0.1) is 0 Å². The Morgan fingerprint density at radius 3 is 2.29 bits per heavy atom. The monoisotopic (exact) mass is 230 g/mol. The maximum Gasteiger partial charge on any atom is 0.0721 e. The summed E-state index contributed by atoms with van der Waals surface area (Å²) in [4.78, 5) is 0. The van der Waals surface area contributed by atoms with Crippen molar-refractivity contribution in [3.8, 4) is 0 Å². The molecule has 0 atom stereocenters. The fraction of sp³-hybridized carbons (Fsp3) is 0.400. The number of benzene rings is 1. The summed E-state index contributed by atoms with van der Waals surface area (Å²) in [6.07, 6.45) is 1.98. The fourth-order valence-electron chi connectivity index (χ4n) is 1.62. The van der Waals surface area contributed by atoms with Gasteiger partial charge in [0, 0.05) is 12.1 Å². The Labute approximate surface area is 93.4 Å². The zero-order chi connectivity index (χ0) is 10.1. The summed E-state index contributed by atoms with van der Waals surface area (Å²) in [5.74, 6) is 0. The molecule has 0 aliphatic heterocycles. The van der Waals surface area contributed by atoms with Crippen LogP contribution in [-0.2, 0) is 0 Å². The molecule has 0 heterocycles. The van der Waals surface area contributed by atoms with E-state index in [1.807, 2.05) is 18.2 Å². The molecule has 3 N–H and O–H groups in total. The van der Waals surface area contributed by atoms with Gasteiger partial charge in [-0.3, -0.25) is 0 Å². The van der Waals surface area contributed by atoms with Gasteiger partial charge in [0.1, 0.15) is 0 Å². The highest BCUT2D eigenvalue weighted by molar-refractivity contribution is 6.39. The standard InChI is InChI=1S/C10H12Cl2N2/c11-8-2-1-3-9(12)10(8)14-7-4-6(13)5-7/h1-3,6-7,14H,4-5,13H2. The normalized spacial score (nSPS) is 25.6. The molecule has 1 fully saturated rings. The molecule has 76 valence electrons. The molecule has 14 heavy (non-hydrogen) atoms. The lowest BCUT2D eigenvalue weighted by atomic mass is 9.87. The second kappa shape index (κ2) is 3.97. The van der Waals surface area contributed by atoms with E-state index in [0.717, 1.165) is 18.5 Å². The Balaban J connectivity index is 2.09. The molecule has 4 heteroatoms. The van der Waals surface area contributed by atoms with E-state index in [1.165, 1.54) is 0 Å². The molecule has 2 nitrogen and oxygen atoms in total. The minimum absolute atomic E-state index is 0.328. The molecule has 1 aliphatic rings. The van der Waals surface area contributed by atoms with Gasteiger partial charge in [-0.1, -0.05) is 29.3 Å². The Morgan fingerprint density at radius 1 is 1.21 bits per heavy atom. The van der Waals surface area contributed by atoms with Gasteiger partial charge in [-0.15, -0.1) is 0 Å². The molecule has 1 aromatic carbocycles. The maximum atomic E-state index is 6.01. The lowest BCUT2D eigenvalue weighted by Gasteiger charge is -2.34. The Morgan fingerprint density at radius 2 is 1.79 bits per heavy atom. The van der Waals surface area contributed by atoms with E-state index in [1.54, 1.807) is 0 Å². The zero-order valence-electron chi connectivity index (χ0n) is 7.63. The highest BCUT2D eigenvalue weighted by Gasteiger charge is 2.26. The molecule has 0 amide bonds. The van der Waals surface area contributed by atoms with Crippen molar-refractivity contribution >= 4 is 28.9 Å². The number of nitrogens with two attached hydrogens (primary N) is 1. The van der Waals surface area contributed by atoms with Crippen molar-refractivity contribution < 1.29 is 0 Å². The van der Waals surface area contributed by atoms with Gasteiger partial charge in [-0.05, 0) is 25.0 Å². The number of anilines is 1. The van der Waals surface area contributed by atoms with Gasteiger partial charge in [0.2, 0.25) is 0 Å². The van der Waals surface area contributed by atoms with Crippen LogP contribution in [0.25, 0.3) is 0 Å². The summed E-state index contributed by atoms with van der Waals surface area (Å²) < 4.78 is 0. The highest BCUT2D eigenvalue weighted by atomic mass is 35.5. The number of nitrogens with one attached hydrogen (secondary N) is 1. The van der Waals surface area contributed by atoms with Crippen LogP contribution in [0.2, 0.25) is 10.0 Å². The van der Waals surface area contributed by atoms with Crippen LogP contribution >= 0.6 is 23.2 Å². The summed E-state index contributed by atoms with van der Waals surface area (Å²) in [7, 11) is 0. The molecule has 0 spiro atoms. The van der Waals surface area contributed by atoms with Crippen molar-refractivity contribution in [2.45, 2.75) is 24.9 Å². The van der Waals surface area contributed by atoms with Gasteiger partial charge < -0.3 is 11.1 Å². The van der Waals surface area contributed by atoms with Gasteiger partial charge in [0.15, 0.2) is 0 Å². The Kier molecular flexibility index (Phi) is 2.86. The third kappa shape index (κ3) is 1.97. The number of halogens is 2. The molecule has 0 saturated heterocycles. The summed E-state index contributed by atoms with van der Waals surface area (Å²) in [5, 5.41) is 4.63. The van der Waals surface area contributed by atoms with Crippen molar-refractivity contribution in [3.63, 3.8) is 0 Å². The lowest BCUT2D eigenvalue weighted by Crippen LogP contribution is -2.44. The molecular weight excluding hydrogens is 219 g/mol. The van der Waals surface area contributed by atoms with Crippen LogP contribution in [0.3, 0.4) is 0 Å². The molecule has 2 rings (SSSR count). The number of para-hydroxylation sites is 1. The SMILES string of the molecule is NC1CC(Nc2c(Cl)cccc2Cl)C1. The molecule has 0 bridgehead atoms. The van der Waals surface area contributed by atoms with Crippen molar-refractivity contribution in [3.05, 3.63) is 28.2 Å². The molecule has 0 radical (unpaired) electrons. The van der Waals surface area contributed by atoms with Crippen LogP contribution < -0.4 is 11.1 Å². The quantitative estimate of drug-likeness (QED) is 0.821. The van der Waals surface area contributed by atoms with E-state index in [4.69, 9.17) is 28.9 Å². The van der Waals surface area contributed by atoms with Crippen molar-refractivity contribution in [1.29, 1.82) is 0 Å². The van der Waals surface area contributed by atoms with Gasteiger partial charge in [-0.2, -0.15) is 0 Å². The molecule has 1 saturated carbocycles. The van der Waals surface area contributed by atoms with Crippen LogP contribution in [0.1, 0.15) is 12.8 Å². The zero-order valence-corrected chi connectivity index (χ0v) is 9.15. The molecule has 1 aromatic rings. The lowest BCUT2D eigenvalue weighted by molar-refractivity contribution is 0.374. The maximum absolute atomic E-state index is 6.01. The average Bonchev–Trinajstić information content (AvgIpc) is 2.08. The predicted octanol–water partition coefficient (Wildman–Crippen LogP) is 2.90. The average molecular weight is 231 g/mol. The second-order valence-electron chi connectivity index (χ2n) is 3.67. The third-order valence-corrected chi connectivity index (χ3v) is 3.12. The number of hydrogen-bond donors (Lipinski definition) is 2. The van der Waals surface area contributed by atoms with E-state index in [0.29, 0.717) is 22.1 Å². The number of hydrogen-bond acceptors (Lipinski definition) is 2. The molecule has 0 unspecified atom stereocenters. The van der Waals surface area contributed by atoms with Gasteiger partial charge in [0.05, 0.1) is 15.7 Å². The topological polar surface area (TPSA) is 38.0 Å². The number of rotatable bonds is 2. The molecule has 1 aliphatic carbocycles. The summed E-state index contributed by atoms with van der Waals surface area (Å²) in [5.41, 5.74) is 6.52. The smallest absolute Gasteiger partial charge is 0.0721 e. The van der Waals surface area contributed by atoms with Crippen LogP contribution in [0.4, 0.5) is 5.69 Å². The van der Waals surface area contributed by atoms with Crippen molar-refractivity contribution in [1.82, 2.24) is 0 Å². The van der Waals surface area contributed by atoms with E-state index in [-0.39, 0.29) is 0 Å². The Bertz CT molecular complexity index is 315. The summed E-state index contributed by atoms with van der Waals surface area (Å²) in [6, 6.07) is 6.24. The van der Waals surface area contributed by atoms with Gasteiger partial charge >= 0.3 is 0 Å². The van der Waals surface area contributed by atoms with Crippen molar-refractivity contribution in [2.24, 2.45) is 5.73 Å². The fourth-order valence-corrected chi connectivity index (χ4v) is 2.13. The first-order valence-electron chi connectivity index (χ1n) is 4.63. The van der Waals surface area contributed by atoms with E-state index < -0.39 is 0 Å². The van der Waals surface area contributed by atoms with Crippen molar-refractivity contribution in [2.75, 3.05) is 5.32 Å². The summed E-state index contributed by atoms with van der Waals surface area (Å²) in [6.45, 7) is 0. The van der Waals surface area contributed by atoms with E-state index >= 15 is 0 Å². The van der Waals surface area contributed by atoms with Crippen LogP contribution in [-0.4, -0.2) is 12.1 Å². The minimum Gasteiger partial charge on any atom is -0.380 e. The van der Waals surface area contributed by atoms with Crippen LogP contribution in [0.15, 0.2) is 18.2 Å². The summed E-state index contributed by atoms with van der Waals surface area (Å²) >= 11 is 12.0.